The zero-order valence-electron chi connectivity index (χ0n) is 15.5. The molecule has 0 aromatic carbocycles. The SMILES string of the molecule is CCCCCC(=O)SC1CCC[Si](OC)(OC)C1(CCC)OC. The number of methoxy groups -OCH3 is 1. The first-order chi connectivity index (χ1) is 11.1. The van der Waals surface area contributed by atoms with Crippen LogP contribution < -0.4 is 0 Å². The lowest BCUT2D eigenvalue weighted by molar-refractivity contribution is -0.111. The minimum atomic E-state index is -2.49. The molecule has 2 unspecified atom stereocenters. The maximum Gasteiger partial charge on any atom is 0.371 e. The molecule has 1 saturated heterocycles. The van der Waals surface area contributed by atoms with Gasteiger partial charge in [-0.05, 0) is 25.3 Å². The molecule has 0 amide bonds. The fourth-order valence-electron chi connectivity index (χ4n) is 3.85. The second-order valence-corrected chi connectivity index (χ2v) is 11.3. The number of thioether (sulfide) groups is 1. The van der Waals surface area contributed by atoms with Crippen LogP contribution in [-0.2, 0) is 18.4 Å². The Morgan fingerprint density at radius 2 is 1.87 bits per heavy atom. The van der Waals surface area contributed by atoms with Crippen molar-refractivity contribution in [2.24, 2.45) is 0 Å². The van der Waals surface area contributed by atoms with Crippen LogP contribution in [0.25, 0.3) is 0 Å². The zero-order valence-corrected chi connectivity index (χ0v) is 17.3. The highest BCUT2D eigenvalue weighted by Crippen LogP contribution is 2.48. The summed E-state index contributed by atoms with van der Waals surface area (Å²) in [6.07, 6.45) is 7.84. The summed E-state index contributed by atoms with van der Waals surface area (Å²) in [5.41, 5.74) is 0. The topological polar surface area (TPSA) is 44.8 Å². The highest BCUT2D eigenvalue weighted by molar-refractivity contribution is 8.14. The second-order valence-electron chi connectivity index (χ2n) is 6.33. The van der Waals surface area contributed by atoms with Crippen LogP contribution in [-0.4, -0.2) is 45.5 Å². The van der Waals surface area contributed by atoms with Crippen molar-refractivity contribution in [3.05, 3.63) is 0 Å². The smallest absolute Gasteiger partial charge is 0.371 e. The van der Waals surface area contributed by atoms with Crippen molar-refractivity contribution >= 4 is 25.4 Å². The summed E-state index contributed by atoms with van der Waals surface area (Å²) in [6.45, 7) is 4.32. The maximum absolute atomic E-state index is 12.4. The number of unbranched alkanes of at least 4 members (excludes halogenated alkanes) is 2. The highest BCUT2D eigenvalue weighted by Gasteiger charge is 2.63. The van der Waals surface area contributed by atoms with E-state index in [-0.39, 0.29) is 10.4 Å². The Morgan fingerprint density at radius 3 is 2.39 bits per heavy atom. The Bertz CT molecular complexity index is 363. The standard InChI is InChI=1S/C17H34O4SSi/c1-6-8-9-12-16(18)22-15-11-10-14-23(20-4,21-5)17(15,19-3)13-7-2/h15H,6-14H2,1-5H3. The lowest BCUT2D eigenvalue weighted by Crippen LogP contribution is -2.69. The second kappa shape index (κ2) is 10.2. The summed E-state index contributed by atoms with van der Waals surface area (Å²) in [5, 5.41) is -0.00549. The molecule has 0 bridgehead atoms. The molecule has 0 aliphatic carbocycles. The van der Waals surface area contributed by atoms with Crippen molar-refractivity contribution in [2.75, 3.05) is 21.3 Å². The van der Waals surface area contributed by atoms with Crippen molar-refractivity contribution in [2.45, 2.75) is 81.7 Å². The average Bonchev–Trinajstić information content (AvgIpc) is 2.56. The van der Waals surface area contributed by atoms with Gasteiger partial charge in [-0.3, -0.25) is 4.79 Å². The first-order valence-corrected chi connectivity index (χ1v) is 11.8. The summed E-state index contributed by atoms with van der Waals surface area (Å²) in [6, 6.07) is 0.939. The Hall–Kier alpha value is 0.117. The third-order valence-corrected chi connectivity index (χ3v) is 11.0. The molecule has 136 valence electrons. The van der Waals surface area contributed by atoms with Gasteiger partial charge in [0.1, 0.15) is 5.22 Å². The van der Waals surface area contributed by atoms with E-state index in [1.165, 1.54) is 11.8 Å². The number of ether oxygens (including phenoxy) is 1. The van der Waals surface area contributed by atoms with Gasteiger partial charge >= 0.3 is 8.56 Å². The molecular weight excluding hydrogens is 328 g/mol. The number of carbonyl (C=O) groups excluding carboxylic acids is 1. The monoisotopic (exact) mass is 362 g/mol. The number of rotatable bonds is 10. The molecular formula is C17H34O4SSi. The van der Waals surface area contributed by atoms with E-state index < -0.39 is 13.8 Å². The van der Waals surface area contributed by atoms with Crippen molar-refractivity contribution < 1.29 is 18.4 Å². The maximum atomic E-state index is 12.4. The van der Waals surface area contributed by atoms with E-state index in [1.54, 1.807) is 21.3 Å². The fraction of sp³-hybridized carbons (Fsp3) is 0.941. The van der Waals surface area contributed by atoms with Crippen LogP contribution in [0, 0.1) is 0 Å². The van der Waals surface area contributed by atoms with Gasteiger partial charge in [-0.2, -0.15) is 0 Å². The molecule has 0 saturated carbocycles. The third-order valence-electron chi connectivity index (χ3n) is 5.04. The molecule has 0 radical (unpaired) electrons. The van der Waals surface area contributed by atoms with Crippen LogP contribution in [0.15, 0.2) is 0 Å². The van der Waals surface area contributed by atoms with Gasteiger partial charge < -0.3 is 13.6 Å². The van der Waals surface area contributed by atoms with E-state index in [4.69, 9.17) is 13.6 Å². The lowest BCUT2D eigenvalue weighted by Gasteiger charge is -2.51. The third kappa shape index (κ3) is 4.60. The van der Waals surface area contributed by atoms with E-state index in [0.29, 0.717) is 6.42 Å². The molecule has 23 heavy (non-hydrogen) atoms. The minimum absolute atomic E-state index is 0.141. The van der Waals surface area contributed by atoms with Gasteiger partial charge in [-0.25, -0.2) is 0 Å². The van der Waals surface area contributed by atoms with E-state index in [0.717, 1.165) is 51.0 Å². The zero-order chi connectivity index (χ0) is 17.3. The largest absolute Gasteiger partial charge is 0.396 e. The Labute approximate surface area is 147 Å². The van der Waals surface area contributed by atoms with Gasteiger partial charge in [-0.15, -0.1) is 0 Å². The van der Waals surface area contributed by atoms with Crippen LogP contribution in [0.2, 0.25) is 6.04 Å². The van der Waals surface area contributed by atoms with Crippen LogP contribution in [0.1, 0.15) is 65.2 Å². The number of carbonyl (C=O) groups is 1. The number of hydrogen-bond acceptors (Lipinski definition) is 5. The molecule has 1 fully saturated rings. The molecule has 0 spiro atoms. The number of hydrogen-bond donors (Lipinski definition) is 0. The minimum Gasteiger partial charge on any atom is -0.396 e. The van der Waals surface area contributed by atoms with Crippen LogP contribution in [0.4, 0.5) is 0 Å². The Balaban J connectivity index is 2.95. The van der Waals surface area contributed by atoms with Crippen molar-refractivity contribution in [1.29, 1.82) is 0 Å². The summed E-state index contributed by atoms with van der Waals surface area (Å²) >= 11 is 1.49. The first-order valence-electron chi connectivity index (χ1n) is 8.90. The summed E-state index contributed by atoms with van der Waals surface area (Å²) in [5.74, 6) is 0. The lowest BCUT2D eigenvalue weighted by atomic mass is 10.1. The van der Waals surface area contributed by atoms with Gasteiger partial charge in [-0.1, -0.05) is 51.3 Å². The van der Waals surface area contributed by atoms with Crippen LogP contribution in [0.5, 0.6) is 0 Å². The van der Waals surface area contributed by atoms with Gasteiger partial charge in [0.05, 0.1) is 0 Å². The molecule has 1 rings (SSSR count). The van der Waals surface area contributed by atoms with E-state index >= 15 is 0 Å². The average molecular weight is 363 g/mol. The van der Waals surface area contributed by atoms with Gasteiger partial charge in [0.2, 0.25) is 0 Å². The quantitative estimate of drug-likeness (QED) is 0.424. The van der Waals surface area contributed by atoms with E-state index in [1.807, 2.05) is 0 Å². The Kier molecular flexibility index (Phi) is 9.37. The first kappa shape index (κ1) is 21.2. The van der Waals surface area contributed by atoms with Crippen LogP contribution in [0.3, 0.4) is 0 Å². The molecule has 2 atom stereocenters. The van der Waals surface area contributed by atoms with Gasteiger partial charge in [0.25, 0.3) is 0 Å². The fourth-order valence-corrected chi connectivity index (χ4v) is 9.77. The van der Waals surface area contributed by atoms with E-state index in [9.17, 15) is 4.79 Å². The van der Waals surface area contributed by atoms with Crippen molar-refractivity contribution in [1.82, 2.24) is 0 Å². The predicted molar refractivity (Wildman–Crippen MR) is 99.0 cm³/mol. The Morgan fingerprint density at radius 1 is 1.17 bits per heavy atom. The molecule has 4 nitrogen and oxygen atoms in total. The normalized spacial score (nSPS) is 27.1. The molecule has 6 heteroatoms. The molecule has 1 aliphatic rings. The highest BCUT2D eigenvalue weighted by atomic mass is 32.2. The van der Waals surface area contributed by atoms with Gasteiger partial charge in [0, 0.05) is 33.0 Å². The van der Waals surface area contributed by atoms with Crippen molar-refractivity contribution in [3.63, 3.8) is 0 Å². The van der Waals surface area contributed by atoms with Crippen molar-refractivity contribution in [3.8, 4) is 0 Å². The summed E-state index contributed by atoms with van der Waals surface area (Å²) in [4.78, 5) is 12.4. The summed E-state index contributed by atoms with van der Waals surface area (Å²) < 4.78 is 18.0. The molecule has 1 heterocycles. The van der Waals surface area contributed by atoms with Gasteiger partial charge in [0.15, 0.2) is 5.12 Å². The van der Waals surface area contributed by atoms with Crippen LogP contribution >= 0.6 is 11.8 Å². The molecule has 0 N–H and O–H groups in total. The predicted octanol–water partition coefficient (Wildman–Crippen LogP) is 4.45. The molecule has 1 aliphatic heterocycles. The molecule has 0 aromatic heterocycles. The van der Waals surface area contributed by atoms with E-state index in [2.05, 4.69) is 13.8 Å². The molecule has 0 aromatic rings. The summed E-state index contributed by atoms with van der Waals surface area (Å²) in [7, 11) is 2.76.